The third-order valence-electron chi connectivity index (χ3n) is 4.45. The van der Waals surface area contributed by atoms with E-state index in [-0.39, 0.29) is 0 Å². The lowest BCUT2D eigenvalue weighted by Gasteiger charge is -2.32. The van der Waals surface area contributed by atoms with Crippen LogP contribution in [0.3, 0.4) is 0 Å². The van der Waals surface area contributed by atoms with E-state index in [1.165, 1.54) is 41.9 Å². The first kappa shape index (κ1) is 14.7. The van der Waals surface area contributed by atoms with Gasteiger partial charge in [0.25, 0.3) is 0 Å². The van der Waals surface area contributed by atoms with Crippen LogP contribution in [0.2, 0.25) is 0 Å². The molecule has 0 bridgehead atoms. The highest BCUT2D eigenvalue weighted by atomic mass is 32.1. The van der Waals surface area contributed by atoms with Gasteiger partial charge in [0, 0.05) is 24.4 Å². The SMILES string of the molecule is Cc1nc(CCNC2CCCCC2c2ccccc2)cs1. The van der Waals surface area contributed by atoms with Gasteiger partial charge in [-0.2, -0.15) is 0 Å². The number of nitrogens with one attached hydrogen (secondary N) is 1. The topological polar surface area (TPSA) is 24.9 Å². The monoisotopic (exact) mass is 300 g/mol. The third-order valence-corrected chi connectivity index (χ3v) is 5.27. The molecule has 0 amide bonds. The zero-order valence-corrected chi connectivity index (χ0v) is 13.5. The van der Waals surface area contributed by atoms with Gasteiger partial charge in [-0.3, -0.25) is 0 Å². The minimum Gasteiger partial charge on any atom is -0.313 e. The lowest BCUT2D eigenvalue weighted by atomic mass is 9.80. The van der Waals surface area contributed by atoms with Crippen LogP contribution < -0.4 is 5.32 Å². The Kier molecular flexibility index (Phi) is 5.04. The smallest absolute Gasteiger partial charge is 0.0897 e. The molecule has 1 aliphatic carbocycles. The number of nitrogens with zero attached hydrogens (tertiary/aromatic N) is 1. The van der Waals surface area contributed by atoms with E-state index in [0.717, 1.165) is 13.0 Å². The zero-order chi connectivity index (χ0) is 14.5. The second kappa shape index (κ2) is 7.19. The molecule has 1 fully saturated rings. The number of hydrogen-bond donors (Lipinski definition) is 1. The molecule has 3 heteroatoms. The largest absolute Gasteiger partial charge is 0.313 e. The van der Waals surface area contributed by atoms with Crippen molar-refractivity contribution in [1.82, 2.24) is 10.3 Å². The van der Waals surface area contributed by atoms with E-state index >= 15 is 0 Å². The lowest BCUT2D eigenvalue weighted by molar-refractivity contribution is 0.329. The van der Waals surface area contributed by atoms with E-state index < -0.39 is 0 Å². The van der Waals surface area contributed by atoms with Crippen molar-refractivity contribution in [3.05, 3.63) is 52.0 Å². The molecule has 1 aromatic heterocycles. The van der Waals surface area contributed by atoms with Gasteiger partial charge >= 0.3 is 0 Å². The highest BCUT2D eigenvalue weighted by Crippen LogP contribution is 2.32. The molecule has 2 aromatic rings. The molecule has 1 aromatic carbocycles. The second-order valence-corrected chi connectivity index (χ2v) is 7.03. The van der Waals surface area contributed by atoms with Crippen molar-refractivity contribution in [1.29, 1.82) is 0 Å². The van der Waals surface area contributed by atoms with Gasteiger partial charge in [0.15, 0.2) is 0 Å². The van der Waals surface area contributed by atoms with E-state index in [9.17, 15) is 0 Å². The summed E-state index contributed by atoms with van der Waals surface area (Å²) < 4.78 is 0. The molecule has 0 radical (unpaired) electrons. The van der Waals surface area contributed by atoms with Gasteiger partial charge in [0.1, 0.15) is 0 Å². The lowest BCUT2D eigenvalue weighted by Crippen LogP contribution is -2.38. The standard InChI is InChI=1S/C18H24N2S/c1-14-20-16(13-21-14)11-12-19-18-10-6-5-9-17(18)15-7-3-2-4-8-15/h2-4,7-8,13,17-19H,5-6,9-12H2,1H3. The molecule has 21 heavy (non-hydrogen) atoms. The molecule has 2 atom stereocenters. The first-order valence-corrected chi connectivity index (χ1v) is 8.90. The van der Waals surface area contributed by atoms with Crippen molar-refractivity contribution in [3.8, 4) is 0 Å². The average molecular weight is 300 g/mol. The highest BCUT2D eigenvalue weighted by molar-refractivity contribution is 7.09. The second-order valence-electron chi connectivity index (χ2n) is 5.97. The summed E-state index contributed by atoms with van der Waals surface area (Å²) in [7, 11) is 0. The van der Waals surface area contributed by atoms with Crippen LogP contribution in [0.15, 0.2) is 35.7 Å². The number of aryl methyl sites for hydroxylation is 1. The molecule has 1 N–H and O–H groups in total. The molecule has 0 spiro atoms. The summed E-state index contributed by atoms with van der Waals surface area (Å²) in [5.74, 6) is 0.678. The summed E-state index contributed by atoms with van der Waals surface area (Å²) in [6.45, 7) is 3.12. The fraction of sp³-hybridized carbons (Fsp3) is 0.500. The molecule has 1 heterocycles. The van der Waals surface area contributed by atoms with Crippen LogP contribution >= 0.6 is 11.3 Å². The Hall–Kier alpha value is -1.19. The molecule has 0 aliphatic heterocycles. The highest BCUT2D eigenvalue weighted by Gasteiger charge is 2.25. The predicted octanol–water partition coefficient (Wildman–Crippen LogP) is 4.31. The first-order chi connectivity index (χ1) is 10.3. The van der Waals surface area contributed by atoms with Gasteiger partial charge in [-0.05, 0) is 31.2 Å². The van der Waals surface area contributed by atoms with Gasteiger partial charge in [-0.15, -0.1) is 11.3 Å². The van der Waals surface area contributed by atoms with Crippen LogP contribution in [0.1, 0.15) is 47.9 Å². The van der Waals surface area contributed by atoms with Crippen molar-refractivity contribution in [2.75, 3.05) is 6.54 Å². The van der Waals surface area contributed by atoms with Crippen molar-refractivity contribution < 1.29 is 0 Å². The van der Waals surface area contributed by atoms with E-state index in [0.29, 0.717) is 12.0 Å². The number of rotatable bonds is 5. The predicted molar refractivity (Wildman–Crippen MR) is 90.0 cm³/mol. The van der Waals surface area contributed by atoms with Gasteiger partial charge in [-0.25, -0.2) is 4.98 Å². The Morgan fingerprint density at radius 1 is 1.19 bits per heavy atom. The summed E-state index contributed by atoms with van der Waals surface area (Å²) in [6, 6.07) is 11.6. The molecule has 1 aliphatic rings. The normalized spacial score (nSPS) is 22.3. The first-order valence-electron chi connectivity index (χ1n) is 8.02. The molecule has 3 rings (SSSR count). The molecular formula is C18H24N2S. The average Bonchev–Trinajstić information content (AvgIpc) is 2.94. The van der Waals surface area contributed by atoms with E-state index in [1.54, 1.807) is 11.3 Å². The Balaban J connectivity index is 1.57. The summed E-state index contributed by atoms with van der Waals surface area (Å²) in [5.41, 5.74) is 2.73. The molecule has 0 saturated heterocycles. The minimum atomic E-state index is 0.626. The van der Waals surface area contributed by atoms with Crippen molar-refractivity contribution in [2.24, 2.45) is 0 Å². The zero-order valence-electron chi connectivity index (χ0n) is 12.7. The molecule has 1 saturated carbocycles. The van der Waals surface area contributed by atoms with Gasteiger partial charge in [0.05, 0.1) is 10.7 Å². The van der Waals surface area contributed by atoms with Crippen LogP contribution in [0.25, 0.3) is 0 Å². The van der Waals surface area contributed by atoms with E-state index in [4.69, 9.17) is 0 Å². The van der Waals surface area contributed by atoms with Crippen molar-refractivity contribution in [3.63, 3.8) is 0 Å². The quantitative estimate of drug-likeness (QED) is 0.890. The number of thiazole rings is 1. The van der Waals surface area contributed by atoms with Crippen molar-refractivity contribution >= 4 is 11.3 Å². The summed E-state index contributed by atoms with van der Waals surface area (Å²) in [5, 5.41) is 7.15. The Morgan fingerprint density at radius 3 is 2.76 bits per heavy atom. The molecular weight excluding hydrogens is 276 g/mol. The Bertz CT molecular complexity index is 549. The number of benzene rings is 1. The molecule has 2 unspecified atom stereocenters. The Morgan fingerprint density at radius 2 is 2.00 bits per heavy atom. The fourth-order valence-electron chi connectivity index (χ4n) is 3.38. The van der Waals surface area contributed by atoms with E-state index in [2.05, 4.69) is 52.9 Å². The summed E-state index contributed by atoms with van der Waals surface area (Å²) >= 11 is 1.75. The van der Waals surface area contributed by atoms with E-state index in [1.807, 2.05) is 0 Å². The van der Waals surface area contributed by atoms with Crippen LogP contribution in [-0.2, 0) is 6.42 Å². The molecule has 2 nitrogen and oxygen atoms in total. The maximum Gasteiger partial charge on any atom is 0.0897 e. The van der Waals surface area contributed by atoms with Crippen LogP contribution in [0, 0.1) is 6.92 Å². The number of hydrogen-bond acceptors (Lipinski definition) is 3. The van der Waals surface area contributed by atoms with Gasteiger partial charge in [-0.1, -0.05) is 43.2 Å². The van der Waals surface area contributed by atoms with Crippen molar-refractivity contribution in [2.45, 2.75) is 51.0 Å². The minimum absolute atomic E-state index is 0.626. The van der Waals surface area contributed by atoms with Crippen LogP contribution in [0.5, 0.6) is 0 Å². The van der Waals surface area contributed by atoms with Gasteiger partial charge < -0.3 is 5.32 Å². The summed E-state index contributed by atoms with van der Waals surface area (Å²) in [6.07, 6.45) is 6.38. The molecule has 112 valence electrons. The van der Waals surface area contributed by atoms with Crippen LogP contribution in [0.4, 0.5) is 0 Å². The maximum absolute atomic E-state index is 4.55. The third kappa shape index (κ3) is 3.92. The summed E-state index contributed by atoms with van der Waals surface area (Å²) in [4.78, 5) is 4.55. The van der Waals surface area contributed by atoms with Crippen LogP contribution in [-0.4, -0.2) is 17.6 Å². The van der Waals surface area contributed by atoms with Gasteiger partial charge in [0.2, 0.25) is 0 Å². The number of aromatic nitrogens is 1. The Labute approximate surface area is 131 Å². The maximum atomic E-state index is 4.55. The fourth-order valence-corrected chi connectivity index (χ4v) is 4.03.